The highest BCUT2D eigenvalue weighted by atomic mass is 32.2. The zero-order valence-electron chi connectivity index (χ0n) is 11.1. The van der Waals surface area contributed by atoms with Gasteiger partial charge in [0.05, 0.1) is 0 Å². The molecule has 92 valence electrons. The second-order valence-corrected chi connectivity index (χ2v) is 5.22. The lowest BCUT2D eigenvalue weighted by molar-refractivity contribution is 0.357. The molecule has 0 unspecified atom stereocenters. The molecule has 0 fully saturated rings. The van der Waals surface area contributed by atoms with E-state index in [-0.39, 0.29) is 0 Å². The maximum Gasteiger partial charge on any atom is 0.0444 e. The lowest BCUT2D eigenvalue weighted by Crippen LogP contribution is -2.22. The largest absolute Gasteiger partial charge is 0.295 e. The Bertz CT molecular complexity index is 124. The molecule has 0 aromatic rings. The van der Waals surface area contributed by atoms with Crippen LogP contribution in [-0.2, 0) is 0 Å². The predicted octanol–water partition coefficient (Wildman–Crippen LogP) is 4.24. The van der Waals surface area contributed by atoms with Gasteiger partial charge in [0.1, 0.15) is 0 Å². The minimum Gasteiger partial charge on any atom is -0.295 e. The molecule has 0 aliphatic carbocycles. The van der Waals surface area contributed by atoms with E-state index >= 15 is 0 Å². The Morgan fingerprint density at radius 3 is 2.20 bits per heavy atom. The van der Waals surface area contributed by atoms with Crippen LogP contribution in [0.3, 0.4) is 0 Å². The van der Waals surface area contributed by atoms with Crippen molar-refractivity contribution in [2.75, 3.05) is 24.7 Å². The quantitative estimate of drug-likeness (QED) is 0.518. The first-order valence-corrected chi connectivity index (χ1v) is 7.73. The van der Waals surface area contributed by atoms with Crippen LogP contribution in [0.4, 0.5) is 0 Å². The number of unbranched alkanes of at least 4 members (excludes halogenated alkanes) is 1. The Morgan fingerprint density at radius 1 is 1.07 bits per heavy atom. The summed E-state index contributed by atoms with van der Waals surface area (Å²) in [4.78, 5) is 2.50. The summed E-state index contributed by atoms with van der Waals surface area (Å²) >= 11 is 2.12. The summed E-state index contributed by atoms with van der Waals surface area (Å²) < 4.78 is 0. The second-order valence-electron chi connectivity index (χ2n) is 4.22. The van der Waals surface area contributed by atoms with Gasteiger partial charge >= 0.3 is 0 Å². The fourth-order valence-electron chi connectivity index (χ4n) is 1.65. The van der Waals surface area contributed by atoms with Crippen molar-refractivity contribution in [1.29, 1.82) is 0 Å². The van der Waals surface area contributed by atoms with E-state index in [1.165, 1.54) is 50.4 Å². The first-order chi connectivity index (χ1) is 7.28. The Balaban J connectivity index is 3.52. The average Bonchev–Trinajstić information content (AvgIpc) is 2.28. The van der Waals surface area contributed by atoms with E-state index in [1.807, 2.05) is 0 Å². The SMILES string of the molecule is CCCC[C@H](CC)CSCN(CC)CC. The van der Waals surface area contributed by atoms with Gasteiger partial charge in [0.25, 0.3) is 0 Å². The first-order valence-electron chi connectivity index (χ1n) is 6.58. The molecule has 0 radical (unpaired) electrons. The van der Waals surface area contributed by atoms with Gasteiger partial charge in [-0.15, -0.1) is 11.8 Å². The van der Waals surface area contributed by atoms with Gasteiger partial charge in [-0.3, -0.25) is 4.90 Å². The van der Waals surface area contributed by atoms with Crippen LogP contribution in [0.5, 0.6) is 0 Å². The molecule has 0 aliphatic heterocycles. The van der Waals surface area contributed by atoms with Crippen molar-refractivity contribution < 1.29 is 0 Å². The summed E-state index contributed by atoms with van der Waals surface area (Å²) in [5, 5.41) is 0. The number of hydrogen-bond acceptors (Lipinski definition) is 2. The van der Waals surface area contributed by atoms with Gasteiger partial charge in [0.2, 0.25) is 0 Å². The zero-order chi connectivity index (χ0) is 11.5. The molecular formula is C13H29NS. The average molecular weight is 231 g/mol. The van der Waals surface area contributed by atoms with Crippen molar-refractivity contribution >= 4 is 11.8 Å². The third kappa shape index (κ3) is 8.15. The number of nitrogens with zero attached hydrogens (tertiary/aromatic N) is 1. The van der Waals surface area contributed by atoms with Crippen LogP contribution < -0.4 is 0 Å². The van der Waals surface area contributed by atoms with E-state index in [0.29, 0.717) is 0 Å². The van der Waals surface area contributed by atoms with Gasteiger partial charge in [0, 0.05) is 5.88 Å². The van der Waals surface area contributed by atoms with Crippen molar-refractivity contribution in [1.82, 2.24) is 4.90 Å². The van der Waals surface area contributed by atoms with E-state index in [9.17, 15) is 0 Å². The van der Waals surface area contributed by atoms with Crippen LogP contribution >= 0.6 is 11.8 Å². The van der Waals surface area contributed by atoms with Gasteiger partial charge in [0.15, 0.2) is 0 Å². The van der Waals surface area contributed by atoms with Gasteiger partial charge in [-0.1, -0.05) is 47.0 Å². The van der Waals surface area contributed by atoms with Gasteiger partial charge in [-0.2, -0.15) is 0 Å². The third-order valence-corrected chi connectivity index (χ3v) is 4.32. The van der Waals surface area contributed by atoms with Crippen LogP contribution in [-0.4, -0.2) is 29.6 Å². The molecule has 0 heterocycles. The topological polar surface area (TPSA) is 3.24 Å². The lowest BCUT2D eigenvalue weighted by atomic mass is 10.0. The van der Waals surface area contributed by atoms with Crippen molar-refractivity contribution in [2.24, 2.45) is 5.92 Å². The molecule has 0 aromatic carbocycles. The highest BCUT2D eigenvalue weighted by molar-refractivity contribution is 7.99. The molecule has 0 N–H and O–H groups in total. The van der Waals surface area contributed by atoms with Gasteiger partial charge < -0.3 is 0 Å². The normalized spacial score (nSPS) is 13.4. The van der Waals surface area contributed by atoms with Crippen molar-refractivity contribution in [3.8, 4) is 0 Å². The molecule has 15 heavy (non-hydrogen) atoms. The fourth-order valence-corrected chi connectivity index (χ4v) is 3.12. The maximum absolute atomic E-state index is 2.50. The predicted molar refractivity (Wildman–Crippen MR) is 73.6 cm³/mol. The third-order valence-electron chi connectivity index (χ3n) is 3.07. The standard InChI is InChI=1S/C13H29NS/c1-5-9-10-13(6-2)11-15-12-14(7-3)8-4/h13H,5-12H2,1-4H3/t13-/m0/s1. The van der Waals surface area contributed by atoms with E-state index in [2.05, 4.69) is 44.4 Å². The molecule has 0 aromatic heterocycles. The Kier molecular flexibility index (Phi) is 11.0. The van der Waals surface area contributed by atoms with Gasteiger partial charge in [-0.25, -0.2) is 0 Å². The Labute approximate surface area is 101 Å². The fraction of sp³-hybridized carbons (Fsp3) is 1.00. The minimum atomic E-state index is 0.950. The van der Waals surface area contributed by atoms with Crippen LogP contribution in [0.2, 0.25) is 0 Å². The summed E-state index contributed by atoms with van der Waals surface area (Å²) in [5.41, 5.74) is 0. The Morgan fingerprint density at radius 2 is 1.73 bits per heavy atom. The molecule has 0 saturated carbocycles. The summed E-state index contributed by atoms with van der Waals surface area (Å²) in [6.07, 6.45) is 5.53. The van der Waals surface area contributed by atoms with Crippen LogP contribution in [0.1, 0.15) is 53.4 Å². The van der Waals surface area contributed by atoms with Crippen molar-refractivity contribution in [3.05, 3.63) is 0 Å². The van der Waals surface area contributed by atoms with Crippen LogP contribution in [0.25, 0.3) is 0 Å². The first kappa shape index (κ1) is 15.3. The van der Waals surface area contributed by atoms with Crippen molar-refractivity contribution in [3.63, 3.8) is 0 Å². The van der Waals surface area contributed by atoms with Crippen LogP contribution in [0.15, 0.2) is 0 Å². The molecule has 0 aliphatic rings. The van der Waals surface area contributed by atoms with E-state index in [4.69, 9.17) is 0 Å². The molecule has 0 rings (SSSR count). The number of thioether (sulfide) groups is 1. The molecule has 2 heteroatoms. The van der Waals surface area contributed by atoms with E-state index < -0.39 is 0 Å². The smallest absolute Gasteiger partial charge is 0.0444 e. The zero-order valence-corrected chi connectivity index (χ0v) is 11.9. The summed E-state index contributed by atoms with van der Waals surface area (Å²) in [6.45, 7) is 11.5. The lowest BCUT2D eigenvalue weighted by Gasteiger charge is -2.19. The van der Waals surface area contributed by atoms with Crippen molar-refractivity contribution in [2.45, 2.75) is 53.4 Å². The number of rotatable bonds is 10. The molecule has 0 amide bonds. The van der Waals surface area contributed by atoms with E-state index in [1.54, 1.807) is 0 Å². The minimum absolute atomic E-state index is 0.950. The Hall–Kier alpha value is 0.310. The molecule has 0 saturated heterocycles. The summed E-state index contributed by atoms with van der Waals surface area (Å²) in [6, 6.07) is 0. The second kappa shape index (κ2) is 10.8. The highest BCUT2D eigenvalue weighted by Crippen LogP contribution is 2.18. The van der Waals surface area contributed by atoms with Gasteiger partial charge in [-0.05, 0) is 31.2 Å². The molecule has 1 atom stereocenters. The summed E-state index contributed by atoms with van der Waals surface area (Å²) in [7, 11) is 0. The molecule has 0 spiro atoms. The molecule has 0 bridgehead atoms. The highest BCUT2D eigenvalue weighted by Gasteiger charge is 2.06. The van der Waals surface area contributed by atoms with E-state index in [0.717, 1.165) is 5.92 Å². The maximum atomic E-state index is 2.50. The number of hydrogen-bond donors (Lipinski definition) is 0. The molecule has 1 nitrogen and oxygen atoms in total. The summed E-state index contributed by atoms with van der Waals surface area (Å²) in [5.74, 6) is 3.52. The van der Waals surface area contributed by atoms with Crippen LogP contribution in [0, 0.1) is 5.92 Å². The molecular weight excluding hydrogens is 202 g/mol. The monoisotopic (exact) mass is 231 g/mol.